The van der Waals surface area contributed by atoms with Gasteiger partial charge in [-0.15, -0.1) is 0 Å². The van der Waals surface area contributed by atoms with Crippen molar-refractivity contribution < 1.29 is 14.2 Å². The Morgan fingerprint density at radius 2 is 2.05 bits per heavy atom. The molecule has 1 N–H and O–H groups in total. The van der Waals surface area contributed by atoms with Gasteiger partial charge in [0.15, 0.2) is 0 Å². The predicted octanol–water partition coefficient (Wildman–Crippen LogP) is 3.84. The van der Waals surface area contributed by atoms with E-state index in [9.17, 15) is 9.50 Å². The molecule has 0 heterocycles. The van der Waals surface area contributed by atoms with E-state index in [-0.39, 0.29) is 18.5 Å². The maximum atomic E-state index is 13.5. The number of ether oxygens (including phenoxy) is 1. The molecule has 0 bridgehead atoms. The summed E-state index contributed by atoms with van der Waals surface area (Å²) in [5.41, 5.74) is 0.325. The molecule has 1 saturated carbocycles. The van der Waals surface area contributed by atoms with Crippen LogP contribution in [-0.4, -0.2) is 17.8 Å². The average molecular weight is 266 g/mol. The first-order valence-corrected chi connectivity index (χ1v) is 7.26. The van der Waals surface area contributed by atoms with Gasteiger partial charge in [0.1, 0.15) is 11.9 Å². The second-order valence-corrected chi connectivity index (χ2v) is 5.36. The summed E-state index contributed by atoms with van der Waals surface area (Å²) in [5.74, 6) is 0.218. The summed E-state index contributed by atoms with van der Waals surface area (Å²) in [6.45, 7) is 2.36. The molecule has 0 radical (unpaired) electrons. The van der Waals surface area contributed by atoms with Crippen molar-refractivity contribution in [1.29, 1.82) is 0 Å². The Morgan fingerprint density at radius 1 is 1.32 bits per heavy atom. The summed E-state index contributed by atoms with van der Waals surface area (Å²) in [6.07, 6.45) is 5.19. The van der Waals surface area contributed by atoms with Crippen molar-refractivity contribution in [3.63, 3.8) is 0 Å². The van der Waals surface area contributed by atoms with Crippen LogP contribution in [0.25, 0.3) is 0 Å². The largest absolute Gasteiger partial charge is 0.386 e. The van der Waals surface area contributed by atoms with Crippen LogP contribution in [0.2, 0.25) is 0 Å². The zero-order chi connectivity index (χ0) is 13.7. The van der Waals surface area contributed by atoms with Crippen LogP contribution >= 0.6 is 0 Å². The molecule has 0 amide bonds. The first kappa shape index (κ1) is 14.5. The lowest BCUT2D eigenvalue weighted by atomic mass is 9.85. The van der Waals surface area contributed by atoms with E-state index in [0.29, 0.717) is 11.5 Å². The molecule has 2 nitrogen and oxygen atoms in total. The Bertz CT molecular complexity index is 394. The molecule has 19 heavy (non-hydrogen) atoms. The third kappa shape index (κ3) is 3.77. The molecule has 0 aromatic heterocycles. The molecule has 3 heteroatoms. The van der Waals surface area contributed by atoms with Gasteiger partial charge in [-0.25, -0.2) is 4.39 Å². The third-order valence-corrected chi connectivity index (χ3v) is 4.10. The van der Waals surface area contributed by atoms with Gasteiger partial charge in [0.05, 0.1) is 12.7 Å². The number of benzene rings is 1. The van der Waals surface area contributed by atoms with E-state index in [1.165, 1.54) is 25.3 Å². The Labute approximate surface area is 114 Å². The summed E-state index contributed by atoms with van der Waals surface area (Å²) in [7, 11) is 0. The molecule has 1 aromatic carbocycles. The van der Waals surface area contributed by atoms with Gasteiger partial charge >= 0.3 is 0 Å². The van der Waals surface area contributed by atoms with Gasteiger partial charge in [0.25, 0.3) is 0 Å². The molecule has 1 aromatic rings. The van der Waals surface area contributed by atoms with Gasteiger partial charge in [-0.3, -0.25) is 0 Å². The van der Waals surface area contributed by atoms with Crippen molar-refractivity contribution in [2.24, 2.45) is 5.92 Å². The lowest BCUT2D eigenvalue weighted by Gasteiger charge is -2.31. The minimum atomic E-state index is -0.874. The van der Waals surface area contributed by atoms with Crippen LogP contribution in [0.3, 0.4) is 0 Å². The highest BCUT2D eigenvalue weighted by atomic mass is 19.1. The first-order chi connectivity index (χ1) is 9.22. The van der Waals surface area contributed by atoms with E-state index in [1.54, 1.807) is 18.2 Å². The van der Waals surface area contributed by atoms with Crippen LogP contribution in [0.5, 0.6) is 0 Å². The topological polar surface area (TPSA) is 29.5 Å². The normalized spacial score (nSPS) is 25.2. The number of aliphatic hydroxyl groups excluding tert-OH is 1. The van der Waals surface area contributed by atoms with Gasteiger partial charge in [-0.05, 0) is 24.8 Å². The molecule has 1 fully saturated rings. The van der Waals surface area contributed by atoms with E-state index in [4.69, 9.17) is 4.74 Å². The highest BCUT2D eigenvalue weighted by molar-refractivity contribution is 5.19. The summed E-state index contributed by atoms with van der Waals surface area (Å²) < 4.78 is 19.4. The molecule has 0 saturated heterocycles. The van der Waals surface area contributed by atoms with Crippen LogP contribution in [0, 0.1) is 11.7 Å². The fraction of sp³-hybridized carbons (Fsp3) is 0.625. The van der Waals surface area contributed by atoms with Gasteiger partial charge in [0, 0.05) is 5.56 Å². The lowest BCUT2D eigenvalue weighted by Crippen LogP contribution is -2.29. The smallest absolute Gasteiger partial charge is 0.129 e. The summed E-state index contributed by atoms with van der Waals surface area (Å²) in [6, 6.07) is 6.34. The summed E-state index contributed by atoms with van der Waals surface area (Å²) in [5, 5.41) is 10.0. The maximum Gasteiger partial charge on any atom is 0.129 e. The lowest BCUT2D eigenvalue weighted by molar-refractivity contribution is -0.0521. The fourth-order valence-corrected chi connectivity index (χ4v) is 2.91. The SMILES string of the molecule is CCC1CCCCC1OCC(O)c1ccccc1F. The van der Waals surface area contributed by atoms with Crippen molar-refractivity contribution in [2.75, 3.05) is 6.61 Å². The third-order valence-electron chi connectivity index (χ3n) is 4.10. The zero-order valence-corrected chi connectivity index (χ0v) is 11.5. The van der Waals surface area contributed by atoms with Crippen molar-refractivity contribution in [1.82, 2.24) is 0 Å². The van der Waals surface area contributed by atoms with Gasteiger partial charge in [-0.2, -0.15) is 0 Å². The van der Waals surface area contributed by atoms with E-state index in [1.807, 2.05) is 0 Å². The quantitative estimate of drug-likeness (QED) is 0.877. The standard InChI is InChI=1S/C16H23FO2/c1-2-12-7-3-6-10-16(12)19-11-15(18)13-8-4-5-9-14(13)17/h4-5,8-9,12,15-16,18H,2-3,6-7,10-11H2,1H3. The molecule has 0 aliphatic heterocycles. The monoisotopic (exact) mass is 266 g/mol. The zero-order valence-electron chi connectivity index (χ0n) is 11.5. The fourth-order valence-electron chi connectivity index (χ4n) is 2.91. The number of rotatable bonds is 5. The predicted molar refractivity (Wildman–Crippen MR) is 73.3 cm³/mol. The van der Waals surface area contributed by atoms with Crippen molar-refractivity contribution >= 4 is 0 Å². The van der Waals surface area contributed by atoms with Crippen molar-refractivity contribution in [2.45, 2.75) is 51.2 Å². The van der Waals surface area contributed by atoms with Gasteiger partial charge < -0.3 is 9.84 Å². The first-order valence-electron chi connectivity index (χ1n) is 7.26. The van der Waals surface area contributed by atoms with Crippen LogP contribution in [-0.2, 0) is 4.74 Å². The molecular formula is C16H23FO2. The van der Waals surface area contributed by atoms with E-state index >= 15 is 0 Å². The van der Waals surface area contributed by atoms with Crippen LogP contribution < -0.4 is 0 Å². The van der Waals surface area contributed by atoms with E-state index in [2.05, 4.69) is 6.92 Å². The summed E-state index contributed by atoms with van der Waals surface area (Å²) in [4.78, 5) is 0. The molecule has 106 valence electrons. The Hall–Kier alpha value is -0.930. The Morgan fingerprint density at radius 3 is 2.79 bits per heavy atom. The molecule has 1 aliphatic rings. The molecular weight excluding hydrogens is 243 g/mol. The maximum absolute atomic E-state index is 13.5. The molecule has 0 spiro atoms. The van der Waals surface area contributed by atoms with Crippen molar-refractivity contribution in [3.05, 3.63) is 35.6 Å². The summed E-state index contributed by atoms with van der Waals surface area (Å²) >= 11 is 0. The highest BCUT2D eigenvalue weighted by Crippen LogP contribution is 2.30. The molecule has 2 rings (SSSR count). The van der Waals surface area contributed by atoms with Crippen LogP contribution in [0.1, 0.15) is 50.7 Å². The minimum Gasteiger partial charge on any atom is -0.386 e. The number of hydrogen-bond donors (Lipinski definition) is 1. The second-order valence-electron chi connectivity index (χ2n) is 5.36. The van der Waals surface area contributed by atoms with E-state index < -0.39 is 6.10 Å². The molecule has 3 unspecified atom stereocenters. The van der Waals surface area contributed by atoms with Crippen LogP contribution in [0.4, 0.5) is 4.39 Å². The van der Waals surface area contributed by atoms with Gasteiger partial charge in [0.2, 0.25) is 0 Å². The van der Waals surface area contributed by atoms with E-state index in [0.717, 1.165) is 12.8 Å². The molecule has 3 atom stereocenters. The number of hydrogen-bond acceptors (Lipinski definition) is 2. The van der Waals surface area contributed by atoms with Gasteiger partial charge in [-0.1, -0.05) is 44.4 Å². The Kier molecular flexibility index (Phi) is 5.34. The minimum absolute atomic E-state index is 0.183. The molecule has 1 aliphatic carbocycles. The number of aliphatic hydroxyl groups is 1. The van der Waals surface area contributed by atoms with Crippen molar-refractivity contribution in [3.8, 4) is 0 Å². The number of halogens is 1. The Balaban J connectivity index is 1.89. The average Bonchev–Trinajstić information content (AvgIpc) is 2.45. The second kappa shape index (κ2) is 7.01. The highest BCUT2D eigenvalue weighted by Gasteiger charge is 2.25. The van der Waals surface area contributed by atoms with Crippen LogP contribution in [0.15, 0.2) is 24.3 Å².